The third kappa shape index (κ3) is 1.59. The molecule has 2 aromatic rings. The second-order valence-electron chi connectivity index (χ2n) is 5.46. The lowest BCUT2D eigenvalue weighted by molar-refractivity contribution is 0.491. The monoisotopic (exact) mass is 259 g/mol. The lowest BCUT2D eigenvalue weighted by Crippen LogP contribution is -2.56. The number of nitrogens with zero attached hydrogens (tertiary/aromatic N) is 3. The molecule has 100 valence electrons. The van der Waals surface area contributed by atoms with Crippen molar-refractivity contribution in [3.63, 3.8) is 0 Å². The molecule has 0 bridgehead atoms. The Morgan fingerprint density at radius 3 is 2.74 bits per heavy atom. The average Bonchev–Trinajstić information content (AvgIpc) is 2.73. The van der Waals surface area contributed by atoms with Crippen LogP contribution in [0, 0.1) is 0 Å². The summed E-state index contributed by atoms with van der Waals surface area (Å²) in [6, 6.07) is 0.218. The number of aryl methyl sites for hydroxylation is 2. The Morgan fingerprint density at radius 1 is 1.16 bits per heavy atom. The summed E-state index contributed by atoms with van der Waals surface area (Å²) in [7, 11) is 0. The van der Waals surface area contributed by atoms with Gasteiger partial charge in [0.15, 0.2) is 11.4 Å². The number of nitrogen functional groups attached to an aromatic ring is 1. The van der Waals surface area contributed by atoms with E-state index >= 15 is 0 Å². The van der Waals surface area contributed by atoms with Gasteiger partial charge in [0.1, 0.15) is 11.3 Å². The van der Waals surface area contributed by atoms with E-state index in [0.29, 0.717) is 5.95 Å². The molecule has 2 aliphatic rings. The SMILES string of the molecule is Nc1nc(N2CC(N)C2)c2oc3c(c2n1)CCCC3. The van der Waals surface area contributed by atoms with Gasteiger partial charge >= 0.3 is 0 Å². The minimum absolute atomic E-state index is 0.218. The molecule has 6 nitrogen and oxygen atoms in total. The molecule has 1 saturated heterocycles. The quantitative estimate of drug-likeness (QED) is 0.787. The highest BCUT2D eigenvalue weighted by molar-refractivity contribution is 5.89. The van der Waals surface area contributed by atoms with Gasteiger partial charge in [-0.3, -0.25) is 0 Å². The van der Waals surface area contributed by atoms with Crippen LogP contribution in [0.2, 0.25) is 0 Å². The third-order valence-electron chi connectivity index (χ3n) is 4.00. The van der Waals surface area contributed by atoms with Crippen LogP contribution >= 0.6 is 0 Å². The molecule has 0 unspecified atom stereocenters. The summed E-state index contributed by atoms with van der Waals surface area (Å²) in [5.41, 5.74) is 14.6. The molecule has 3 heterocycles. The summed E-state index contributed by atoms with van der Waals surface area (Å²) in [6.07, 6.45) is 4.39. The van der Waals surface area contributed by atoms with Crippen LogP contribution in [0.25, 0.3) is 11.1 Å². The topological polar surface area (TPSA) is 94.2 Å². The molecule has 1 fully saturated rings. The van der Waals surface area contributed by atoms with Crippen LogP contribution in [0.15, 0.2) is 4.42 Å². The number of rotatable bonds is 1. The van der Waals surface area contributed by atoms with Gasteiger partial charge in [-0.05, 0) is 19.3 Å². The zero-order chi connectivity index (χ0) is 13.0. The fraction of sp³-hybridized carbons (Fsp3) is 0.538. The van der Waals surface area contributed by atoms with Crippen molar-refractivity contribution in [2.24, 2.45) is 5.73 Å². The van der Waals surface area contributed by atoms with Gasteiger partial charge in [-0.2, -0.15) is 4.98 Å². The predicted octanol–water partition coefficient (Wildman–Crippen LogP) is 0.831. The standard InChI is InChI=1S/C13H17N5O/c14-7-5-18(6-7)12-11-10(16-13(15)17-12)8-3-1-2-4-9(8)19-11/h7H,1-6,14H2,(H2,15,16,17). The van der Waals surface area contributed by atoms with E-state index in [1.165, 1.54) is 18.4 Å². The first-order valence-electron chi connectivity index (χ1n) is 6.80. The van der Waals surface area contributed by atoms with Crippen molar-refractivity contribution in [2.75, 3.05) is 23.7 Å². The minimum Gasteiger partial charge on any atom is -0.455 e. The summed E-state index contributed by atoms with van der Waals surface area (Å²) in [5.74, 6) is 2.18. The molecule has 4 rings (SSSR count). The van der Waals surface area contributed by atoms with Crippen molar-refractivity contribution in [2.45, 2.75) is 31.7 Å². The van der Waals surface area contributed by atoms with E-state index in [2.05, 4.69) is 14.9 Å². The first-order valence-corrected chi connectivity index (χ1v) is 6.80. The van der Waals surface area contributed by atoms with Crippen molar-refractivity contribution in [1.29, 1.82) is 0 Å². The highest BCUT2D eigenvalue weighted by Crippen LogP contribution is 2.36. The van der Waals surface area contributed by atoms with Gasteiger partial charge < -0.3 is 20.8 Å². The van der Waals surface area contributed by atoms with E-state index < -0.39 is 0 Å². The lowest BCUT2D eigenvalue weighted by atomic mass is 9.98. The lowest BCUT2D eigenvalue weighted by Gasteiger charge is -2.37. The summed E-state index contributed by atoms with van der Waals surface area (Å²) in [6.45, 7) is 1.60. The zero-order valence-electron chi connectivity index (χ0n) is 10.7. The molecule has 0 amide bonds. The first-order chi connectivity index (χ1) is 9.22. The zero-order valence-corrected chi connectivity index (χ0v) is 10.7. The highest BCUT2D eigenvalue weighted by atomic mass is 16.3. The van der Waals surface area contributed by atoms with E-state index in [1.807, 2.05) is 0 Å². The minimum atomic E-state index is 0.218. The van der Waals surface area contributed by atoms with Crippen LogP contribution in [0.4, 0.5) is 11.8 Å². The van der Waals surface area contributed by atoms with Crippen LogP contribution < -0.4 is 16.4 Å². The number of anilines is 2. The Labute approximate surface area is 110 Å². The Kier molecular flexibility index (Phi) is 2.23. The van der Waals surface area contributed by atoms with E-state index in [-0.39, 0.29) is 6.04 Å². The second-order valence-corrected chi connectivity index (χ2v) is 5.46. The van der Waals surface area contributed by atoms with E-state index in [4.69, 9.17) is 15.9 Å². The maximum atomic E-state index is 6.01. The van der Waals surface area contributed by atoms with Gasteiger partial charge in [-0.1, -0.05) is 0 Å². The number of aromatic nitrogens is 2. The smallest absolute Gasteiger partial charge is 0.222 e. The molecular weight excluding hydrogens is 242 g/mol. The van der Waals surface area contributed by atoms with Gasteiger partial charge in [0.05, 0.1) is 0 Å². The summed E-state index contributed by atoms with van der Waals surface area (Å²) in [4.78, 5) is 10.8. The third-order valence-corrected chi connectivity index (χ3v) is 4.00. The molecule has 1 aliphatic heterocycles. The van der Waals surface area contributed by atoms with Gasteiger partial charge in [0.2, 0.25) is 5.95 Å². The van der Waals surface area contributed by atoms with Crippen LogP contribution in [-0.2, 0) is 12.8 Å². The van der Waals surface area contributed by atoms with Crippen molar-refractivity contribution in [3.8, 4) is 0 Å². The number of fused-ring (bicyclic) bond motifs is 3. The van der Waals surface area contributed by atoms with E-state index in [1.54, 1.807) is 0 Å². The molecule has 0 saturated carbocycles. The van der Waals surface area contributed by atoms with Gasteiger partial charge in [-0.25, -0.2) is 4.98 Å². The normalized spacial score (nSPS) is 19.5. The predicted molar refractivity (Wildman–Crippen MR) is 73.0 cm³/mol. The molecule has 2 aromatic heterocycles. The molecule has 1 aliphatic carbocycles. The summed E-state index contributed by atoms with van der Waals surface area (Å²) >= 11 is 0. The molecule has 6 heteroatoms. The van der Waals surface area contributed by atoms with Crippen LogP contribution in [-0.4, -0.2) is 29.1 Å². The van der Waals surface area contributed by atoms with Crippen molar-refractivity contribution in [3.05, 3.63) is 11.3 Å². The molecule has 0 spiro atoms. The van der Waals surface area contributed by atoms with Gasteiger partial charge in [-0.15, -0.1) is 0 Å². The summed E-state index contributed by atoms with van der Waals surface area (Å²) in [5, 5.41) is 0. The molecule has 0 radical (unpaired) electrons. The largest absolute Gasteiger partial charge is 0.455 e. The average molecular weight is 259 g/mol. The molecule has 4 N–H and O–H groups in total. The van der Waals surface area contributed by atoms with E-state index in [9.17, 15) is 0 Å². The van der Waals surface area contributed by atoms with Gasteiger partial charge in [0, 0.05) is 31.1 Å². The number of hydrogen-bond donors (Lipinski definition) is 2. The Balaban J connectivity index is 1.90. The van der Waals surface area contributed by atoms with Crippen molar-refractivity contribution in [1.82, 2.24) is 9.97 Å². The second kappa shape index (κ2) is 3.84. The fourth-order valence-electron chi connectivity index (χ4n) is 3.02. The Morgan fingerprint density at radius 2 is 1.95 bits per heavy atom. The van der Waals surface area contributed by atoms with Crippen LogP contribution in [0.1, 0.15) is 24.2 Å². The number of hydrogen-bond acceptors (Lipinski definition) is 6. The molecule has 19 heavy (non-hydrogen) atoms. The molecule has 0 atom stereocenters. The van der Waals surface area contributed by atoms with Crippen LogP contribution in [0.3, 0.4) is 0 Å². The van der Waals surface area contributed by atoms with Crippen molar-refractivity contribution >= 4 is 22.9 Å². The number of nitrogens with two attached hydrogens (primary N) is 2. The van der Waals surface area contributed by atoms with E-state index in [0.717, 1.165) is 48.6 Å². The number of furan rings is 1. The first kappa shape index (κ1) is 11.0. The Hall–Kier alpha value is -1.82. The highest BCUT2D eigenvalue weighted by Gasteiger charge is 2.30. The maximum Gasteiger partial charge on any atom is 0.222 e. The van der Waals surface area contributed by atoms with Crippen molar-refractivity contribution < 1.29 is 4.42 Å². The van der Waals surface area contributed by atoms with Crippen LogP contribution in [0.5, 0.6) is 0 Å². The molecular formula is C13H17N5O. The summed E-state index contributed by atoms with van der Waals surface area (Å²) < 4.78 is 6.01. The maximum absolute atomic E-state index is 6.01. The fourth-order valence-corrected chi connectivity index (χ4v) is 3.02. The van der Waals surface area contributed by atoms with Gasteiger partial charge in [0.25, 0.3) is 0 Å². The Bertz CT molecular complexity index is 644. The molecule has 0 aromatic carbocycles.